The summed E-state index contributed by atoms with van der Waals surface area (Å²) in [4.78, 5) is 26.4. The molecule has 3 rings (SSSR count). The molecular weight excluding hydrogens is 397 g/mol. The highest BCUT2D eigenvalue weighted by Gasteiger charge is 2.39. The number of anilines is 1. The predicted molar refractivity (Wildman–Crippen MR) is 90.6 cm³/mol. The molecular formula is C16H17F3N6O4. The Labute approximate surface area is 162 Å². The molecule has 0 aromatic carbocycles. The van der Waals surface area contributed by atoms with E-state index in [1.165, 1.54) is 18.6 Å². The molecule has 0 spiro atoms. The highest BCUT2D eigenvalue weighted by molar-refractivity contribution is 5.91. The third-order valence-corrected chi connectivity index (χ3v) is 4.15. The molecule has 13 heteroatoms. The van der Waals surface area contributed by atoms with Gasteiger partial charge in [-0.3, -0.25) is 14.8 Å². The summed E-state index contributed by atoms with van der Waals surface area (Å²) in [6.45, 7) is -0.272. The minimum absolute atomic E-state index is 0.0704. The van der Waals surface area contributed by atoms with Crippen molar-refractivity contribution >= 4 is 11.7 Å². The van der Waals surface area contributed by atoms with E-state index in [2.05, 4.69) is 30.6 Å². The van der Waals surface area contributed by atoms with E-state index in [9.17, 15) is 28.2 Å². The molecule has 1 fully saturated rings. The van der Waals surface area contributed by atoms with Crippen LogP contribution in [-0.4, -0.2) is 73.6 Å². The number of alkyl halides is 3. The minimum Gasteiger partial charge on any atom is -0.388 e. The summed E-state index contributed by atoms with van der Waals surface area (Å²) in [6, 6.07) is -0.935. The number of aliphatic hydroxyl groups is 2. The lowest BCUT2D eigenvalue weighted by Crippen LogP contribution is -2.58. The molecule has 1 amide bonds. The van der Waals surface area contributed by atoms with Crippen LogP contribution in [0.15, 0.2) is 31.0 Å². The summed E-state index contributed by atoms with van der Waals surface area (Å²) in [5, 5.41) is 25.6. The smallest absolute Gasteiger partial charge is 0.388 e. The third kappa shape index (κ3) is 5.13. The second-order valence-electron chi connectivity index (χ2n) is 6.19. The summed E-state index contributed by atoms with van der Waals surface area (Å²) in [7, 11) is 0. The van der Waals surface area contributed by atoms with Crippen LogP contribution in [0.4, 0.5) is 19.0 Å². The van der Waals surface area contributed by atoms with Crippen LogP contribution in [0.25, 0.3) is 0 Å². The maximum Gasteiger partial charge on any atom is 0.434 e. The van der Waals surface area contributed by atoms with Crippen molar-refractivity contribution in [1.29, 1.82) is 0 Å². The summed E-state index contributed by atoms with van der Waals surface area (Å²) < 4.78 is 43.6. The van der Waals surface area contributed by atoms with Gasteiger partial charge in [0, 0.05) is 18.9 Å². The molecule has 2 aromatic rings. The Bertz CT molecular complexity index is 841. The molecule has 0 radical (unpaired) electrons. The Morgan fingerprint density at radius 1 is 1.17 bits per heavy atom. The van der Waals surface area contributed by atoms with Gasteiger partial charge in [-0.2, -0.15) is 13.2 Å². The molecule has 3 heterocycles. The average molecular weight is 414 g/mol. The van der Waals surface area contributed by atoms with Crippen molar-refractivity contribution in [3.8, 4) is 0 Å². The van der Waals surface area contributed by atoms with E-state index >= 15 is 0 Å². The number of hydrogen-bond acceptors (Lipinski definition) is 9. The van der Waals surface area contributed by atoms with Crippen LogP contribution in [0, 0.1) is 0 Å². The van der Waals surface area contributed by atoms with E-state index in [4.69, 9.17) is 4.74 Å². The van der Waals surface area contributed by atoms with Crippen molar-refractivity contribution in [3.05, 3.63) is 42.4 Å². The van der Waals surface area contributed by atoms with Gasteiger partial charge in [-0.15, -0.1) is 0 Å². The number of carbonyl (C=O) groups is 1. The quantitative estimate of drug-likeness (QED) is 0.515. The number of amides is 1. The zero-order valence-electron chi connectivity index (χ0n) is 14.7. The second-order valence-corrected chi connectivity index (χ2v) is 6.19. The first kappa shape index (κ1) is 20.8. The minimum atomic E-state index is -4.67. The van der Waals surface area contributed by atoms with Gasteiger partial charge in [-0.1, -0.05) is 0 Å². The number of halogens is 3. The first-order valence-electron chi connectivity index (χ1n) is 8.43. The average Bonchev–Trinajstić information content (AvgIpc) is 2.71. The monoisotopic (exact) mass is 414 g/mol. The molecule has 1 aliphatic heterocycles. The van der Waals surface area contributed by atoms with E-state index in [-0.39, 0.29) is 24.7 Å². The number of hydrogen-bond donors (Lipinski definition) is 4. The summed E-state index contributed by atoms with van der Waals surface area (Å²) in [5.41, 5.74) is -1.13. The van der Waals surface area contributed by atoms with Crippen LogP contribution in [0.2, 0.25) is 0 Å². The van der Waals surface area contributed by atoms with Crippen LogP contribution in [-0.2, 0) is 10.9 Å². The first-order valence-corrected chi connectivity index (χ1v) is 8.43. The predicted octanol–water partition coefficient (Wildman–Crippen LogP) is -0.384. The van der Waals surface area contributed by atoms with E-state index in [0.29, 0.717) is 6.20 Å². The molecule has 0 bridgehead atoms. The van der Waals surface area contributed by atoms with Gasteiger partial charge in [0.05, 0.1) is 31.2 Å². The molecule has 4 N–H and O–H groups in total. The number of aromatic nitrogens is 4. The van der Waals surface area contributed by atoms with E-state index in [0.717, 1.165) is 6.20 Å². The fourth-order valence-electron chi connectivity index (χ4n) is 2.65. The van der Waals surface area contributed by atoms with Gasteiger partial charge in [-0.25, -0.2) is 9.97 Å². The van der Waals surface area contributed by atoms with Crippen LogP contribution < -0.4 is 10.6 Å². The zero-order chi connectivity index (χ0) is 21.0. The lowest BCUT2D eigenvalue weighted by molar-refractivity contribution is -0.141. The van der Waals surface area contributed by atoms with Crippen molar-refractivity contribution in [3.63, 3.8) is 0 Å². The number of nitrogens with zero attached hydrogens (tertiary/aromatic N) is 4. The Balaban J connectivity index is 1.57. The summed E-state index contributed by atoms with van der Waals surface area (Å²) in [6.07, 6.45) is -2.76. The van der Waals surface area contributed by atoms with Crippen molar-refractivity contribution < 1.29 is 32.9 Å². The van der Waals surface area contributed by atoms with E-state index in [1.807, 2.05) is 0 Å². The molecule has 29 heavy (non-hydrogen) atoms. The molecule has 4 atom stereocenters. The highest BCUT2D eigenvalue weighted by atomic mass is 19.4. The van der Waals surface area contributed by atoms with Crippen molar-refractivity contribution in [2.45, 2.75) is 30.5 Å². The van der Waals surface area contributed by atoms with Crippen LogP contribution in [0.1, 0.15) is 16.2 Å². The lowest BCUT2D eigenvalue weighted by atomic mass is 9.98. The van der Waals surface area contributed by atoms with Gasteiger partial charge in [0.15, 0.2) is 5.69 Å². The first-order chi connectivity index (χ1) is 13.8. The maximum atomic E-state index is 12.7. The van der Waals surface area contributed by atoms with E-state index in [1.54, 1.807) is 0 Å². The van der Waals surface area contributed by atoms with Gasteiger partial charge in [-0.05, 0) is 0 Å². The normalized spacial score (nSPS) is 24.7. The molecule has 0 unspecified atom stereocenters. The van der Waals surface area contributed by atoms with Gasteiger partial charge in [0.25, 0.3) is 5.91 Å². The number of ether oxygens (including phenoxy) is 1. The van der Waals surface area contributed by atoms with Crippen LogP contribution in [0.3, 0.4) is 0 Å². The molecule has 2 aromatic heterocycles. The van der Waals surface area contributed by atoms with Crippen LogP contribution >= 0.6 is 0 Å². The number of aliphatic hydroxyl groups excluding tert-OH is 2. The Kier molecular flexibility index (Phi) is 6.20. The van der Waals surface area contributed by atoms with Gasteiger partial charge >= 0.3 is 6.18 Å². The Hall–Kier alpha value is -2.90. The number of carbonyl (C=O) groups excluding carboxylic acids is 1. The topological polar surface area (TPSA) is 142 Å². The van der Waals surface area contributed by atoms with Crippen molar-refractivity contribution in [2.75, 3.05) is 18.5 Å². The highest BCUT2D eigenvalue weighted by Crippen LogP contribution is 2.28. The van der Waals surface area contributed by atoms with Gasteiger partial charge in [0.1, 0.15) is 29.8 Å². The molecule has 0 saturated carbocycles. The number of rotatable bonds is 5. The van der Waals surface area contributed by atoms with Crippen LogP contribution in [0.5, 0.6) is 0 Å². The van der Waals surface area contributed by atoms with E-state index < -0.39 is 42.1 Å². The summed E-state index contributed by atoms with van der Waals surface area (Å²) >= 11 is 0. The maximum absolute atomic E-state index is 12.7. The number of nitrogens with one attached hydrogen (secondary N) is 2. The van der Waals surface area contributed by atoms with Crippen molar-refractivity contribution in [1.82, 2.24) is 25.3 Å². The Morgan fingerprint density at radius 3 is 2.66 bits per heavy atom. The standard InChI is InChI=1S/C16H17F3N6O4/c17-16(18,19)11-5-21-6-12(25-11)24-9-7-29-10(14(27)13(9)26)4-23-15(28)8-3-20-1-2-22-8/h1-3,5-6,9-10,13-14,26-27H,4,7H2,(H,23,28)(H,24,25)/t9-,10+,13+,14-/m0/s1. The molecule has 0 aliphatic carbocycles. The lowest BCUT2D eigenvalue weighted by Gasteiger charge is -2.38. The third-order valence-electron chi connectivity index (χ3n) is 4.15. The van der Waals surface area contributed by atoms with Crippen molar-refractivity contribution in [2.24, 2.45) is 0 Å². The second kappa shape index (κ2) is 8.63. The van der Waals surface area contributed by atoms with Gasteiger partial charge < -0.3 is 25.6 Å². The van der Waals surface area contributed by atoms with Gasteiger partial charge in [0.2, 0.25) is 0 Å². The zero-order valence-corrected chi connectivity index (χ0v) is 14.7. The molecule has 10 nitrogen and oxygen atoms in total. The fraction of sp³-hybridized carbons (Fsp3) is 0.438. The largest absolute Gasteiger partial charge is 0.434 e. The fourth-order valence-corrected chi connectivity index (χ4v) is 2.65. The SMILES string of the molecule is O=C(NC[C@H]1OC[C@H](Nc2cncc(C(F)(F)F)n2)[C@@H](O)[C@H]1O)c1cnccn1. The molecule has 156 valence electrons. The summed E-state index contributed by atoms with van der Waals surface area (Å²) in [5.74, 6) is -0.767. The Morgan fingerprint density at radius 2 is 1.97 bits per heavy atom. The molecule has 1 saturated heterocycles. The molecule has 1 aliphatic rings.